The van der Waals surface area contributed by atoms with Gasteiger partial charge in [0.1, 0.15) is 0 Å². The number of benzene rings is 1. The first-order chi connectivity index (χ1) is 7.36. The highest BCUT2D eigenvalue weighted by atomic mass is 15.2. The van der Waals surface area contributed by atoms with Gasteiger partial charge in [0.2, 0.25) is 0 Å². The van der Waals surface area contributed by atoms with E-state index in [0.717, 1.165) is 6.42 Å². The number of nitrogens with zero attached hydrogens (tertiary/aromatic N) is 1. The molecule has 1 aromatic carbocycles. The number of piperidine rings is 1. The van der Waals surface area contributed by atoms with Gasteiger partial charge in [0, 0.05) is 24.3 Å². The topological polar surface area (TPSA) is 29.3 Å². The third kappa shape index (κ3) is 1.44. The number of hydrogen-bond donors (Lipinski definition) is 1. The van der Waals surface area contributed by atoms with Gasteiger partial charge in [0.15, 0.2) is 0 Å². The lowest BCUT2D eigenvalue weighted by molar-refractivity contribution is 0.393. The normalized spacial score (nSPS) is 29.5. The fourth-order valence-corrected chi connectivity index (χ4v) is 3.05. The van der Waals surface area contributed by atoms with Crippen molar-refractivity contribution < 1.29 is 0 Å². The largest absolute Gasteiger partial charge is 0.368 e. The molecule has 0 saturated carbocycles. The van der Waals surface area contributed by atoms with E-state index in [-0.39, 0.29) is 6.04 Å². The Hall–Kier alpha value is -1.02. The van der Waals surface area contributed by atoms with Crippen molar-refractivity contribution in [2.24, 2.45) is 5.73 Å². The van der Waals surface area contributed by atoms with Crippen LogP contribution in [0.15, 0.2) is 24.3 Å². The molecule has 0 spiro atoms. The van der Waals surface area contributed by atoms with Crippen LogP contribution in [0.25, 0.3) is 0 Å². The van der Waals surface area contributed by atoms with Crippen molar-refractivity contribution in [3.05, 3.63) is 29.8 Å². The van der Waals surface area contributed by atoms with Crippen LogP contribution in [-0.2, 0) is 0 Å². The van der Waals surface area contributed by atoms with Crippen LogP contribution < -0.4 is 10.6 Å². The van der Waals surface area contributed by atoms with Crippen molar-refractivity contribution in [3.63, 3.8) is 0 Å². The third-order valence-electron chi connectivity index (χ3n) is 3.80. The van der Waals surface area contributed by atoms with Gasteiger partial charge in [-0.05, 0) is 37.3 Å². The molecule has 0 radical (unpaired) electrons. The molecule has 2 atom stereocenters. The first-order valence-corrected chi connectivity index (χ1v) is 5.97. The van der Waals surface area contributed by atoms with Crippen LogP contribution in [0.5, 0.6) is 0 Å². The van der Waals surface area contributed by atoms with Gasteiger partial charge in [-0.3, -0.25) is 0 Å². The number of fused-ring (bicyclic) bond motifs is 3. The lowest BCUT2D eigenvalue weighted by atomic mass is 9.87. The summed E-state index contributed by atoms with van der Waals surface area (Å²) in [5.41, 5.74) is 8.96. The highest BCUT2D eigenvalue weighted by Crippen LogP contribution is 2.39. The molecule has 0 amide bonds. The zero-order valence-electron chi connectivity index (χ0n) is 9.02. The van der Waals surface area contributed by atoms with E-state index in [2.05, 4.69) is 29.2 Å². The van der Waals surface area contributed by atoms with E-state index >= 15 is 0 Å². The van der Waals surface area contributed by atoms with Gasteiger partial charge in [-0.1, -0.05) is 18.2 Å². The summed E-state index contributed by atoms with van der Waals surface area (Å²) in [6, 6.07) is 9.59. The van der Waals surface area contributed by atoms with E-state index in [1.54, 1.807) is 0 Å². The number of rotatable bonds is 0. The van der Waals surface area contributed by atoms with Crippen LogP contribution in [0.3, 0.4) is 0 Å². The number of anilines is 1. The van der Waals surface area contributed by atoms with Crippen molar-refractivity contribution in [2.75, 3.05) is 11.4 Å². The van der Waals surface area contributed by atoms with Gasteiger partial charge in [-0.15, -0.1) is 0 Å². The number of nitrogens with two attached hydrogens (primary N) is 1. The Balaban J connectivity index is 2.03. The summed E-state index contributed by atoms with van der Waals surface area (Å²) in [6.07, 6.45) is 5.16. The van der Waals surface area contributed by atoms with Crippen molar-refractivity contribution in [3.8, 4) is 0 Å². The van der Waals surface area contributed by atoms with Gasteiger partial charge in [0.25, 0.3) is 0 Å². The molecule has 2 nitrogen and oxygen atoms in total. The molecule has 2 unspecified atom stereocenters. The zero-order valence-corrected chi connectivity index (χ0v) is 9.02. The summed E-state index contributed by atoms with van der Waals surface area (Å²) in [6.45, 7) is 1.22. The van der Waals surface area contributed by atoms with E-state index in [1.165, 1.54) is 37.1 Å². The predicted molar refractivity (Wildman–Crippen MR) is 63.0 cm³/mol. The van der Waals surface area contributed by atoms with Gasteiger partial charge >= 0.3 is 0 Å². The second kappa shape index (κ2) is 3.53. The van der Waals surface area contributed by atoms with Crippen LogP contribution in [0, 0.1) is 0 Å². The second-order valence-electron chi connectivity index (χ2n) is 4.74. The molecule has 0 aliphatic carbocycles. The maximum atomic E-state index is 6.23. The molecule has 15 heavy (non-hydrogen) atoms. The monoisotopic (exact) mass is 202 g/mol. The molecule has 0 bridgehead atoms. The maximum Gasteiger partial charge on any atom is 0.0417 e. The summed E-state index contributed by atoms with van der Waals surface area (Å²) in [5, 5.41) is 0. The SMILES string of the molecule is NC1CC2CCCCN2c2ccccc21. The lowest BCUT2D eigenvalue weighted by Gasteiger charge is -2.44. The lowest BCUT2D eigenvalue weighted by Crippen LogP contribution is -2.45. The number of hydrogen-bond acceptors (Lipinski definition) is 2. The van der Waals surface area contributed by atoms with E-state index in [9.17, 15) is 0 Å². The minimum atomic E-state index is 0.251. The molecule has 80 valence electrons. The molecular formula is C13H18N2. The Kier molecular flexibility index (Phi) is 2.17. The van der Waals surface area contributed by atoms with Crippen molar-refractivity contribution in [2.45, 2.75) is 37.8 Å². The molecule has 2 aliphatic heterocycles. The van der Waals surface area contributed by atoms with Gasteiger partial charge in [-0.25, -0.2) is 0 Å². The second-order valence-corrected chi connectivity index (χ2v) is 4.74. The minimum Gasteiger partial charge on any atom is -0.368 e. The Morgan fingerprint density at radius 2 is 2.07 bits per heavy atom. The van der Waals surface area contributed by atoms with Crippen LogP contribution in [-0.4, -0.2) is 12.6 Å². The first kappa shape index (κ1) is 9.22. The highest BCUT2D eigenvalue weighted by Gasteiger charge is 2.31. The van der Waals surface area contributed by atoms with Crippen LogP contribution in [0.1, 0.15) is 37.3 Å². The van der Waals surface area contributed by atoms with Crippen molar-refractivity contribution in [1.82, 2.24) is 0 Å². The average molecular weight is 202 g/mol. The van der Waals surface area contributed by atoms with E-state index in [0.29, 0.717) is 6.04 Å². The fraction of sp³-hybridized carbons (Fsp3) is 0.538. The summed E-state index contributed by atoms with van der Waals surface area (Å²) >= 11 is 0. The molecule has 2 aliphatic rings. The van der Waals surface area contributed by atoms with Crippen LogP contribution >= 0.6 is 0 Å². The Labute approximate surface area is 91.1 Å². The molecule has 0 aromatic heterocycles. The first-order valence-electron chi connectivity index (χ1n) is 5.97. The van der Waals surface area contributed by atoms with Gasteiger partial charge < -0.3 is 10.6 Å². The molecule has 1 fully saturated rings. The summed E-state index contributed by atoms with van der Waals surface area (Å²) in [4.78, 5) is 2.57. The van der Waals surface area contributed by atoms with Crippen LogP contribution in [0.2, 0.25) is 0 Å². The average Bonchev–Trinajstić information content (AvgIpc) is 2.30. The fourth-order valence-electron chi connectivity index (χ4n) is 3.05. The van der Waals surface area contributed by atoms with Crippen molar-refractivity contribution in [1.29, 1.82) is 0 Å². The summed E-state index contributed by atoms with van der Waals surface area (Å²) in [7, 11) is 0. The molecule has 2 N–H and O–H groups in total. The quantitative estimate of drug-likeness (QED) is 0.700. The maximum absolute atomic E-state index is 6.23. The minimum absolute atomic E-state index is 0.251. The molecular weight excluding hydrogens is 184 g/mol. The predicted octanol–water partition coefficient (Wildman–Crippen LogP) is 2.45. The Morgan fingerprint density at radius 3 is 3.00 bits per heavy atom. The third-order valence-corrected chi connectivity index (χ3v) is 3.80. The molecule has 2 heteroatoms. The Morgan fingerprint density at radius 1 is 1.20 bits per heavy atom. The number of para-hydroxylation sites is 1. The zero-order chi connectivity index (χ0) is 10.3. The smallest absolute Gasteiger partial charge is 0.0417 e. The van der Waals surface area contributed by atoms with Crippen molar-refractivity contribution >= 4 is 5.69 Å². The van der Waals surface area contributed by atoms with Gasteiger partial charge in [0.05, 0.1) is 0 Å². The van der Waals surface area contributed by atoms with E-state index in [4.69, 9.17) is 5.73 Å². The highest BCUT2D eigenvalue weighted by molar-refractivity contribution is 5.58. The molecule has 3 rings (SSSR count). The van der Waals surface area contributed by atoms with E-state index < -0.39 is 0 Å². The summed E-state index contributed by atoms with van der Waals surface area (Å²) in [5.74, 6) is 0. The molecule has 2 heterocycles. The van der Waals surface area contributed by atoms with Gasteiger partial charge in [-0.2, -0.15) is 0 Å². The summed E-state index contributed by atoms with van der Waals surface area (Å²) < 4.78 is 0. The van der Waals surface area contributed by atoms with E-state index in [1.807, 2.05) is 0 Å². The Bertz CT molecular complexity index is 361. The standard InChI is InChI=1S/C13H18N2/c14-12-9-10-5-3-4-8-15(10)13-7-2-1-6-11(12)13/h1-2,6-7,10,12H,3-5,8-9,14H2. The molecule has 1 aromatic rings. The van der Waals surface area contributed by atoms with Crippen LogP contribution in [0.4, 0.5) is 5.69 Å². The molecule has 1 saturated heterocycles.